The second kappa shape index (κ2) is 17.3. The van der Waals surface area contributed by atoms with Crippen LogP contribution in [0.4, 0.5) is 0 Å². The molecule has 3 aromatic carbocycles. The maximum Gasteiger partial charge on any atom is 0.344 e. The van der Waals surface area contributed by atoms with Crippen molar-refractivity contribution in [3.8, 4) is 39.5 Å². The number of hydrogen-bond donors (Lipinski definition) is 0. The zero-order valence-electron chi connectivity index (χ0n) is 28.7. The zero-order chi connectivity index (χ0) is 34.0. The molecule has 0 aliphatic carbocycles. The molecule has 4 heterocycles. The van der Waals surface area contributed by atoms with Crippen LogP contribution in [0, 0.1) is 0 Å². The SMILES string of the molecule is O=c1oc2cc(OCCN3CCOCC3)ccc2c(-c2ccc(OCCN3CCOCC3)cc2)c1-c1ccc(OCCN2CCOCC2)cc1. The summed E-state index contributed by atoms with van der Waals surface area (Å²) in [6, 6.07) is 21.4. The molecule has 0 bridgehead atoms. The van der Waals surface area contributed by atoms with Crippen molar-refractivity contribution in [3.05, 3.63) is 77.2 Å². The summed E-state index contributed by atoms with van der Waals surface area (Å²) in [5.74, 6) is 2.20. The van der Waals surface area contributed by atoms with Crippen molar-refractivity contribution >= 4 is 11.0 Å². The van der Waals surface area contributed by atoms with Crippen LogP contribution >= 0.6 is 0 Å². The molecule has 11 heteroatoms. The first-order chi connectivity index (χ1) is 24.7. The van der Waals surface area contributed by atoms with Gasteiger partial charge in [-0.15, -0.1) is 0 Å². The number of benzene rings is 3. The Morgan fingerprint density at radius 1 is 0.500 bits per heavy atom. The molecule has 1 aromatic heterocycles. The van der Waals surface area contributed by atoms with E-state index in [1.54, 1.807) is 0 Å². The zero-order valence-corrected chi connectivity index (χ0v) is 28.7. The summed E-state index contributed by atoms with van der Waals surface area (Å²) in [4.78, 5) is 20.9. The van der Waals surface area contributed by atoms with E-state index >= 15 is 0 Å². The monoisotopic (exact) mass is 685 g/mol. The number of nitrogens with zero attached hydrogens (tertiary/aromatic N) is 3. The molecule has 0 unspecified atom stereocenters. The fourth-order valence-electron chi connectivity index (χ4n) is 6.62. The van der Waals surface area contributed by atoms with E-state index in [9.17, 15) is 4.79 Å². The summed E-state index contributed by atoms with van der Waals surface area (Å²) >= 11 is 0. The Kier molecular flexibility index (Phi) is 11.9. The van der Waals surface area contributed by atoms with Crippen LogP contribution in [0.2, 0.25) is 0 Å². The summed E-state index contributed by atoms with van der Waals surface area (Å²) < 4.78 is 40.6. The molecular formula is C39H47N3O8. The highest BCUT2D eigenvalue weighted by Gasteiger charge is 2.20. The van der Waals surface area contributed by atoms with Crippen LogP contribution in [0.1, 0.15) is 0 Å². The largest absolute Gasteiger partial charge is 0.492 e. The van der Waals surface area contributed by atoms with Gasteiger partial charge in [-0.3, -0.25) is 14.7 Å². The fourth-order valence-corrected chi connectivity index (χ4v) is 6.62. The maximum absolute atomic E-state index is 13.8. The molecule has 0 saturated carbocycles. The van der Waals surface area contributed by atoms with E-state index in [2.05, 4.69) is 14.7 Å². The summed E-state index contributed by atoms with van der Waals surface area (Å²) in [7, 11) is 0. The predicted octanol–water partition coefficient (Wildman–Crippen LogP) is 4.26. The van der Waals surface area contributed by atoms with Gasteiger partial charge in [0.1, 0.15) is 42.7 Å². The first-order valence-corrected chi connectivity index (χ1v) is 17.8. The lowest BCUT2D eigenvalue weighted by Gasteiger charge is -2.26. The van der Waals surface area contributed by atoms with Gasteiger partial charge in [0.05, 0.1) is 45.2 Å². The summed E-state index contributed by atoms with van der Waals surface area (Å²) in [6.45, 7) is 14.3. The molecule has 3 aliphatic rings. The normalized spacial score (nSPS) is 17.9. The number of fused-ring (bicyclic) bond motifs is 1. The van der Waals surface area contributed by atoms with Gasteiger partial charge in [0.15, 0.2) is 0 Å². The van der Waals surface area contributed by atoms with Crippen molar-refractivity contribution in [1.29, 1.82) is 0 Å². The Morgan fingerprint density at radius 2 is 0.900 bits per heavy atom. The Labute approximate surface area is 293 Å². The van der Waals surface area contributed by atoms with E-state index in [1.165, 1.54) is 0 Å². The standard InChI is InChI=1S/C39H47N3O8/c43-39-38(31-3-7-33(8-4-31)48-27-18-41-13-22-45-23-14-41)37(30-1-5-32(6-2-30)47-26-17-40-11-20-44-21-12-40)35-10-9-34(29-36(35)50-39)49-28-19-42-15-24-46-25-16-42/h1-10,29H,11-28H2. The third-order valence-electron chi connectivity index (χ3n) is 9.51. The average molecular weight is 686 g/mol. The summed E-state index contributed by atoms with van der Waals surface area (Å²) in [5.41, 5.74) is 3.02. The predicted molar refractivity (Wildman–Crippen MR) is 192 cm³/mol. The minimum Gasteiger partial charge on any atom is -0.492 e. The van der Waals surface area contributed by atoms with E-state index < -0.39 is 5.63 Å². The minimum absolute atomic E-state index is 0.412. The first-order valence-electron chi connectivity index (χ1n) is 17.8. The lowest BCUT2D eigenvalue weighted by Crippen LogP contribution is -2.38. The highest BCUT2D eigenvalue weighted by molar-refractivity contribution is 6.01. The van der Waals surface area contributed by atoms with Gasteiger partial charge in [0.2, 0.25) is 0 Å². The van der Waals surface area contributed by atoms with Crippen molar-refractivity contribution in [2.75, 3.05) is 118 Å². The molecule has 0 spiro atoms. The highest BCUT2D eigenvalue weighted by Crippen LogP contribution is 2.38. The smallest absolute Gasteiger partial charge is 0.344 e. The van der Waals surface area contributed by atoms with Gasteiger partial charge >= 0.3 is 5.63 Å². The molecule has 3 saturated heterocycles. The quantitative estimate of drug-likeness (QED) is 0.178. The Balaban J connectivity index is 1.11. The minimum atomic E-state index is -0.412. The Bertz CT molecular complexity index is 1710. The molecule has 3 fully saturated rings. The molecule has 4 aromatic rings. The van der Waals surface area contributed by atoms with E-state index in [-0.39, 0.29) is 0 Å². The molecule has 7 rings (SSSR count). The first kappa shape index (κ1) is 34.5. The number of hydrogen-bond acceptors (Lipinski definition) is 11. The van der Waals surface area contributed by atoms with E-state index in [0.29, 0.717) is 36.7 Å². The number of rotatable bonds is 14. The van der Waals surface area contributed by atoms with Gasteiger partial charge in [-0.05, 0) is 47.5 Å². The van der Waals surface area contributed by atoms with Crippen LogP contribution in [0.15, 0.2) is 75.9 Å². The van der Waals surface area contributed by atoms with Crippen LogP contribution in [0.5, 0.6) is 17.2 Å². The van der Waals surface area contributed by atoms with Gasteiger partial charge in [0.25, 0.3) is 0 Å². The van der Waals surface area contributed by atoms with E-state index in [1.807, 2.05) is 66.7 Å². The van der Waals surface area contributed by atoms with Crippen molar-refractivity contribution in [2.45, 2.75) is 0 Å². The van der Waals surface area contributed by atoms with Gasteiger partial charge in [-0.2, -0.15) is 0 Å². The van der Waals surface area contributed by atoms with Crippen molar-refractivity contribution in [1.82, 2.24) is 14.7 Å². The molecule has 0 atom stereocenters. The highest BCUT2D eigenvalue weighted by atomic mass is 16.5. The fraction of sp³-hybridized carbons (Fsp3) is 0.462. The van der Waals surface area contributed by atoms with Crippen molar-refractivity contribution in [2.24, 2.45) is 0 Å². The van der Waals surface area contributed by atoms with Crippen molar-refractivity contribution in [3.63, 3.8) is 0 Å². The number of ether oxygens (including phenoxy) is 6. The second-order valence-electron chi connectivity index (χ2n) is 12.8. The molecule has 3 aliphatic heterocycles. The Morgan fingerprint density at radius 3 is 1.36 bits per heavy atom. The third-order valence-corrected chi connectivity index (χ3v) is 9.51. The molecule has 0 radical (unpaired) electrons. The number of morpholine rings is 3. The van der Waals surface area contributed by atoms with Crippen molar-refractivity contribution < 1.29 is 32.8 Å². The molecule has 266 valence electrons. The van der Waals surface area contributed by atoms with Crippen LogP contribution in [0.25, 0.3) is 33.2 Å². The van der Waals surface area contributed by atoms with E-state index in [0.717, 1.165) is 132 Å². The van der Waals surface area contributed by atoms with Crippen LogP contribution in [-0.4, -0.2) is 133 Å². The van der Waals surface area contributed by atoms with Crippen LogP contribution < -0.4 is 19.8 Å². The van der Waals surface area contributed by atoms with Gasteiger partial charge in [-0.25, -0.2) is 4.79 Å². The molecule has 11 nitrogen and oxygen atoms in total. The Hall–Kier alpha value is -3.97. The topological polar surface area (TPSA) is 95.3 Å². The van der Waals surface area contributed by atoms with Crippen LogP contribution in [0.3, 0.4) is 0 Å². The summed E-state index contributed by atoms with van der Waals surface area (Å²) in [5, 5.41) is 0.826. The van der Waals surface area contributed by atoms with Crippen LogP contribution in [-0.2, 0) is 14.2 Å². The van der Waals surface area contributed by atoms with E-state index in [4.69, 9.17) is 32.8 Å². The van der Waals surface area contributed by atoms with Gasteiger partial charge in [0, 0.05) is 75.9 Å². The third kappa shape index (κ3) is 9.03. The maximum atomic E-state index is 13.8. The summed E-state index contributed by atoms with van der Waals surface area (Å²) in [6.07, 6.45) is 0. The lowest BCUT2D eigenvalue weighted by atomic mass is 9.93. The molecule has 0 amide bonds. The molecular weight excluding hydrogens is 638 g/mol. The second-order valence-corrected chi connectivity index (χ2v) is 12.8. The molecule has 50 heavy (non-hydrogen) atoms. The lowest BCUT2D eigenvalue weighted by molar-refractivity contribution is 0.0321. The average Bonchev–Trinajstić information content (AvgIpc) is 3.16. The van der Waals surface area contributed by atoms with Gasteiger partial charge < -0.3 is 32.8 Å². The van der Waals surface area contributed by atoms with Gasteiger partial charge in [-0.1, -0.05) is 24.3 Å². The molecule has 0 N–H and O–H groups in total.